The summed E-state index contributed by atoms with van der Waals surface area (Å²) in [6, 6.07) is 0. The molecule has 2 aromatic heterocycles. The molecule has 0 bridgehead atoms. The molecule has 154 valence electrons. The number of nitrogens with two attached hydrogens (primary N) is 1. The second kappa shape index (κ2) is 10.7. The number of H-pyrrole nitrogens is 1. The van der Waals surface area contributed by atoms with E-state index < -0.39 is 11.2 Å². The Labute approximate surface area is 175 Å². The predicted octanol–water partition coefficient (Wildman–Crippen LogP) is 2.03. The number of unbranched alkanes of at least 4 members (excludes halogenated alkanes) is 1. The Bertz CT molecular complexity index is 923. The van der Waals surface area contributed by atoms with Gasteiger partial charge >= 0.3 is 5.69 Å². The molecule has 0 aromatic carbocycles. The van der Waals surface area contributed by atoms with Gasteiger partial charge in [-0.2, -0.15) is 0 Å². The van der Waals surface area contributed by atoms with Crippen LogP contribution >= 0.6 is 34.9 Å². The van der Waals surface area contributed by atoms with Crippen molar-refractivity contribution in [3.8, 4) is 0 Å². The van der Waals surface area contributed by atoms with Crippen LogP contribution in [-0.2, 0) is 11.3 Å². The van der Waals surface area contributed by atoms with Crippen LogP contribution in [0.15, 0.2) is 18.3 Å². The highest BCUT2D eigenvalue weighted by atomic mass is 32.2. The van der Waals surface area contributed by atoms with Gasteiger partial charge in [0.05, 0.1) is 5.75 Å². The highest BCUT2D eigenvalue weighted by molar-refractivity contribution is 8.03. The zero-order valence-electron chi connectivity index (χ0n) is 16.1. The van der Waals surface area contributed by atoms with Gasteiger partial charge in [-0.1, -0.05) is 55.1 Å². The van der Waals surface area contributed by atoms with Crippen molar-refractivity contribution < 1.29 is 4.79 Å². The van der Waals surface area contributed by atoms with Crippen molar-refractivity contribution in [1.82, 2.24) is 19.7 Å². The summed E-state index contributed by atoms with van der Waals surface area (Å²) < 4.78 is 2.81. The van der Waals surface area contributed by atoms with Crippen LogP contribution in [0.4, 0.5) is 11.5 Å². The van der Waals surface area contributed by atoms with Crippen LogP contribution in [0.1, 0.15) is 33.1 Å². The molecule has 0 aliphatic rings. The Hall–Kier alpha value is -1.79. The Kier molecular flexibility index (Phi) is 8.58. The number of thioether (sulfide) groups is 2. The number of hydrogen-bond acceptors (Lipinski definition) is 9. The lowest BCUT2D eigenvalue weighted by Crippen LogP contribution is -2.42. The Morgan fingerprint density at radius 3 is 2.57 bits per heavy atom. The summed E-state index contributed by atoms with van der Waals surface area (Å²) in [5.74, 6) is -0.151. The van der Waals surface area contributed by atoms with Crippen LogP contribution in [0.3, 0.4) is 0 Å². The molecule has 0 fully saturated rings. The fourth-order valence-electron chi connectivity index (χ4n) is 2.50. The van der Waals surface area contributed by atoms with Gasteiger partial charge in [0.1, 0.15) is 5.82 Å². The number of carbonyl (C=O) groups is 1. The third-order valence-corrected chi connectivity index (χ3v) is 6.87. The molecule has 0 saturated carbocycles. The van der Waals surface area contributed by atoms with E-state index in [0.717, 1.165) is 10.8 Å². The number of nitrogens with one attached hydrogen (secondary N) is 1. The van der Waals surface area contributed by atoms with E-state index in [1.165, 1.54) is 44.3 Å². The van der Waals surface area contributed by atoms with Gasteiger partial charge in [0.2, 0.25) is 5.91 Å². The standard InChI is InChI=1S/C16H24N6O3S3/c1-4-6-8-21(10(23)9-27-16-20-19-15(26-3)28-16)11-12(17)22(7-5-2)14(25)18-13(11)24/h4-9,17H2,1-3H3,(H,18,24,25). The molecule has 0 unspecified atom stereocenters. The number of aromatic nitrogens is 4. The van der Waals surface area contributed by atoms with Crippen molar-refractivity contribution in [2.45, 2.75) is 48.3 Å². The van der Waals surface area contributed by atoms with Gasteiger partial charge in [-0.25, -0.2) is 4.79 Å². The van der Waals surface area contributed by atoms with E-state index in [4.69, 9.17) is 5.73 Å². The topological polar surface area (TPSA) is 127 Å². The molecular weight excluding hydrogens is 420 g/mol. The first-order valence-corrected chi connectivity index (χ1v) is 11.9. The van der Waals surface area contributed by atoms with Gasteiger partial charge in [0.15, 0.2) is 14.4 Å². The number of hydrogen-bond donors (Lipinski definition) is 2. The van der Waals surface area contributed by atoms with E-state index in [0.29, 0.717) is 30.3 Å². The number of nitrogens with zero attached hydrogens (tertiary/aromatic N) is 4. The largest absolute Gasteiger partial charge is 0.383 e. The zero-order valence-corrected chi connectivity index (χ0v) is 18.5. The van der Waals surface area contributed by atoms with E-state index in [1.54, 1.807) is 0 Å². The molecule has 0 saturated heterocycles. The minimum atomic E-state index is -0.648. The van der Waals surface area contributed by atoms with Crippen LogP contribution in [0.2, 0.25) is 0 Å². The van der Waals surface area contributed by atoms with Gasteiger partial charge in [-0.05, 0) is 19.1 Å². The first-order valence-electron chi connectivity index (χ1n) is 8.86. The molecule has 3 N–H and O–H groups in total. The van der Waals surface area contributed by atoms with E-state index in [2.05, 4.69) is 15.2 Å². The molecule has 9 nitrogen and oxygen atoms in total. The third-order valence-electron chi connectivity index (χ3n) is 3.85. The number of nitrogen functional groups attached to an aromatic ring is 1. The summed E-state index contributed by atoms with van der Waals surface area (Å²) in [6.45, 7) is 4.60. The molecule has 12 heteroatoms. The van der Waals surface area contributed by atoms with Gasteiger partial charge in [0, 0.05) is 13.1 Å². The van der Waals surface area contributed by atoms with Crippen molar-refractivity contribution >= 4 is 52.3 Å². The molecule has 0 spiro atoms. The average molecular weight is 445 g/mol. The SMILES string of the molecule is CCCCN(C(=O)CSc1nnc(SC)s1)c1c(N)n(CCC)c(=O)[nH]c1=O. The lowest BCUT2D eigenvalue weighted by Gasteiger charge is -2.24. The van der Waals surface area contributed by atoms with Crippen molar-refractivity contribution in [1.29, 1.82) is 0 Å². The number of rotatable bonds is 10. The lowest BCUT2D eigenvalue weighted by molar-refractivity contribution is -0.116. The maximum absolute atomic E-state index is 12.9. The van der Waals surface area contributed by atoms with Crippen LogP contribution in [-0.4, -0.2) is 44.2 Å². The fraction of sp³-hybridized carbons (Fsp3) is 0.562. The van der Waals surface area contributed by atoms with Crippen molar-refractivity contribution in [3.63, 3.8) is 0 Å². The second-order valence-corrected chi connectivity index (χ2v) is 9.12. The van der Waals surface area contributed by atoms with Crippen molar-refractivity contribution in [2.75, 3.05) is 29.2 Å². The molecule has 0 aliphatic heterocycles. The highest BCUT2D eigenvalue weighted by Crippen LogP contribution is 2.28. The fourth-order valence-corrected chi connectivity index (χ4v) is 4.81. The minimum absolute atomic E-state index is 0.0191. The lowest BCUT2D eigenvalue weighted by atomic mass is 10.2. The monoisotopic (exact) mass is 444 g/mol. The Morgan fingerprint density at radius 1 is 1.25 bits per heavy atom. The average Bonchev–Trinajstić information content (AvgIpc) is 3.13. The Morgan fingerprint density at radius 2 is 1.96 bits per heavy atom. The molecule has 0 aliphatic carbocycles. The number of amides is 1. The van der Waals surface area contributed by atoms with Crippen LogP contribution in [0.5, 0.6) is 0 Å². The summed E-state index contributed by atoms with van der Waals surface area (Å²) in [4.78, 5) is 41.1. The van der Waals surface area contributed by atoms with E-state index in [9.17, 15) is 14.4 Å². The predicted molar refractivity (Wildman–Crippen MR) is 116 cm³/mol. The number of aromatic amines is 1. The van der Waals surface area contributed by atoms with Crippen molar-refractivity contribution in [2.24, 2.45) is 0 Å². The molecule has 2 rings (SSSR count). The van der Waals surface area contributed by atoms with Gasteiger partial charge in [-0.3, -0.25) is 19.1 Å². The van der Waals surface area contributed by atoms with Crippen LogP contribution in [0.25, 0.3) is 0 Å². The zero-order chi connectivity index (χ0) is 20.7. The molecule has 2 aromatic rings. The molecule has 0 radical (unpaired) electrons. The molecule has 1 amide bonds. The summed E-state index contributed by atoms with van der Waals surface area (Å²) in [6.07, 6.45) is 4.13. The van der Waals surface area contributed by atoms with E-state index in [-0.39, 0.29) is 23.2 Å². The molecular formula is C16H24N6O3S3. The molecule has 0 atom stereocenters. The third kappa shape index (κ3) is 5.39. The minimum Gasteiger partial charge on any atom is -0.383 e. The van der Waals surface area contributed by atoms with Crippen LogP contribution in [0, 0.1) is 0 Å². The van der Waals surface area contributed by atoms with Gasteiger partial charge in [0.25, 0.3) is 5.56 Å². The number of anilines is 2. The van der Waals surface area contributed by atoms with Gasteiger partial charge in [-0.15, -0.1) is 10.2 Å². The molecule has 28 heavy (non-hydrogen) atoms. The maximum Gasteiger partial charge on any atom is 0.330 e. The van der Waals surface area contributed by atoms with E-state index >= 15 is 0 Å². The summed E-state index contributed by atoms with van der Waals surface area (Å²) in [7, 11) is 0. The summed E-state index contributed by atoms with van der Waals surface area (Å²) in [5, 5.41) is 8.05. The summed E-state index contributed by atoms with van der Waals surface area (Å²) >= 11 is 4.17. The first kappa shape index (κ1) is 22.5. The summed E-state index contributed by atoms with van der Waals surface area (Å²) in [5.41, 5.74) is 4.95. The normalized spacial score (nSPS) is 11.0. The second-order valence-electron chi connectivity index (χ2n) is 5.87. The van der Waals surface area contributed by atoms with E-state index in [1.807, 2.05) is 20.1 Å². The maximum atomic E-state index is 12.9. The number of carbonyl (C=O) groups excluding carboxylic acids is 1. The first-order chi connectivity index (χ1) is 13.4. The van der Waals surface area contributed by atoms with Crippen molar-refractivity contribution in [3.05, 3.63) is 20.8 Å². The van der Waals surface area contributed by atoms with Crippen LogP contribution < -0.4 is 21.9 Å². The highest BCUT2D eigenvalue weighted by Gasteiger charge is 2.24. The van der Waals surface area contributed by atoms with Gasteiger partial charge < -0.3 is 10.6 Å². The smallest absolute Gasteiger partial charge is 0.330 e. The quantitative estimate of drug-likeness (QED) is 0.533. The molecule has 2 heterocycles. The Balaban J connectivity index is 2.32.